The summed E-state index contributed by atoms with van der Waals surface area (Å²) in [6.07, 6.45) is 1.76. The van der Waals surface area contributed by atoms with Crippen molar-refractivity contribution in [3.8, 4) is 0 Å². The van der Waals surface area contributed by atoms with E-state index in [1.165, 1.54) is 11.8 Å². The molecule has 0 radical (unpaired) electrons. The highest BCUT2D eigenvalue weighted by atomic mass is 35.5. The van der Waals surface area contributed by atoms with Crippen molar-refractivity contribution in [2.75, 3.05) is 11.1 Å². The summed E-state index contributed by atoms with van der Waals surface area (Å²) in [6, 6.07) is 5.14. The van der Waals surface area contributed by atoms with Crippen LogP contribution >= 0.6 is 23.4 Å². The molecule has 0 saturated heterocycles. The molecule has 0 aliphatic carbocycles. The number of aromatic nitrogens is 4. The summed E-state index contributed by atoms with van der Waals surface area (Å²) >= 11 is 7.62. The molecule has 1 N–H and O–H groups in total. The summed E-state index contributed by atoms with van der Waals surface area (Å²) in [5, 5.41) is 8.98. The van der Waals surface area contributed by atoms with Crippen LogP contribution in [-0.2, 0) is 10.3 Å². The monoisotopic (exact) mass is 431 g/mol. The Labute approximate surface area is 177 Å². The van der Waals surface area contributed by atoms with Gasteiger partial charge < -0.3 is 5.32 Å². The van der Waals surface area contributed by atoms with E-state index in [1.807, 2.05) is 33.8 Å². The quantitative estimate of drug-likeness (QED) is 0.634. The van der Waals surface area contributed by atoms with Gasteiger partial charge in [0.2, 0.25) is 5.91 Å². The van der Waals surface area contributed by atoms with Gasteiger partial charge >= 0.3 is 0 Å². The molecule has 2 aromatic heterocycles. The molecular formula is C20H22ClN5O2S. The summed E-state index contributed by atoms with van der Waals surface area (Å²) in [5.41, 5.74) is 1.65. The largest absolute Gasteiger partial charge is 0.326 e. The molecule has 1 aliphatic rings. The van der Waals surface area contributed by atoms with Gasteiger partial charge in [-0.15, -0.1) is 0 Å². The standard InChI is InChI=1S/C20H22ClN5O2S/c1-11-14(21)6-5-7-15(11)23-16(27)8-12-10-29-19-24-17-13(18(28)25(12)19)9-22-26(17)20(2,3)4/h5-7,9,12H,8,10H2,1-4H3,(H,23,27). The van der Waals surface area contributed by atoms with Crippen molar-refractivity contribution < 1.29 is 4.79 Å². The Hall–Kier alpha value is -2.32. The van der Waals surface area contributed by atoms with E-state index in [-0.39, 0.29) is 29.5 Å². The zero-order valence-electron chi connectivity index (χ0n) is 16.7. The van der Waals surface area contributed by atoms with E-state index in [0.29, 0.717) is 32.7 Å². The van der Waals surface area contributed by atoms with Crippen LogP contribution in [0.15, 0.2) is 34.3 Å². The Balaban J connectivity index is 1.62. The smallest absolute Gasteiger partial charge is 0.265 e. The van der Waals surface area contributed by atoms with Crippen molar-refractivity contribution in [2.45, 2.75) is 50.9 Å². The maximum Gasteiger partial charge on any atom is 0.265 e. The van der Waals surface area contributed by atoms with Gasteiger partial charge in [0, 0.05) is 22.9 Å². The highest BCUT2D eigenvalue weighted by Gasteiger charge is 2.30. The van der Waals surface area contributed by atoms with Crippen LogP contribution in [-0.4, -0.2) is 31.0 Å². The Bertz CT molecular complexity index is 1180. The van der Waals surface area contributed by atoms with Gasteiger partial charge in [0.25, 0.3) is 5.56 Å². The molecule has 152 valence electrons. The fraction of sp³-hybridized carbons (Fsp3) is 0.400. The SMILES string of the molecule is Cc1c(Cl)cccc1NC(=O)CC1CSc2nc3c(cnn3C(C)(C)C)c(=O)n21. The summed E-state index contributed by atoms with van der Waals surface area (Å²) in [6.45, 7) is 7.91. The van der Waals surface area contributed by atoms with E-state index in [2.05, 4.69) is 15.4 Å². The molecule has 1 aliphatic heterocycles. The number of fused-ring (bicyclic) bond motifs is 2. The van der Waals surface area contributed by atoms with Gasteiger partial charge in [0.05, 0.1) is 17.8 Å². The van der Waals surface area contributed by atoms with Crippen LogP contribution in [0.1, 0.15) is 38.8 Å². The minimum absolute atomic E-state index is 0.151. The maximum atomic E-state index is 13.1. The second kappa shape index (κ2) is 7.18. The Morgan fingerprint density at radius 2 is 2.14 bits per heavy atom. The van der Waals surface area contributed by atoms with E-state index >= 15 is 0 Å². The number of thioether (sulfide) groups is 1. The number of carbonyl (C=O) groups is 1. The second-order valence-electron chi connectivity index (χ2n) is 8.16. The Kier molecular flexibility index (Phi) is 4.94. The summed E-state index contributed by atoms with van der Waals surface area (Å²) < 4.78 is 3.40. The molecule has 1 unspecified atom stereocenters. The van der Waals surface area contributed by atoms with E-state index in [4.69, 9.17) is 11.6 Å². The van der Waals surface area contributed by atoms with Crippen LogP contribution < -0.4 is 10.9 Å². The molecule has 0 spiro atoms. The number of carbonyl (C=O) groups excluding carboxylic acids is 1. The van der Waals surface area contributed by atoms with Crippen molar-refractivity contribution in [1.29, 1.82) is 0 Å². The Morgan fingerprint density at radius 1 is 1.38 bits per heavy atom. The van der Waals surface area contributed by atoms with Crippen LogP contribution in [0.5, 0.6) is 0 Å². The first kappa shape index (κ1) is 20.0. The third kappa shape index (κ3) is 3.55. The first-order valence-electron chi connectivity index (χ1n) is 9.35. The number of halogens is 1. The number of amides is 1. The summed E-state index contributed by atoms with van der Waals surface area (Å²) in [4.78, 5) is 30.4. The van der Waals surface area contributed by atoms with Gasteiger partial charge in [-0.3, -0.25) is 14.2 Å². The lowest BCUT2D eigenvalue weighted by Gasteiger charge is -2.20. The van der Waals surface area contributed by atoms with E-state index in [1.54, 1.807) is 27.6 Å². The lowest BCUT2D eigenvalue weighted by Crippen LogP contribution is -2.29. The minimum atomic E-state index is -0.280. The second-order valence-corrected chi connectivity index (χ2v) is 9.56. The maximum absolute atomic E-state index is 13.1. The zero-order valence-corrected chi connectivity index (χ0v) is 18.3. The highest BCUT2D eigenvalue weighted by molar-refractivity contribution is 7.99. The predicted octanol–water partition coefficient (Wildman–Crippen LogP) is 3.99. The van der Waals surface area contributed by atoms with Crippen molar-refractivity contribution in [2.24, 2.45) is 0 Å². The van der Waals surface area contributed by atoms with E-state index in [9.17, 15) is 9.59 Å². The van der Waals surface area contributed by atoms with Crippen LogP contribution in [0.2, 0.25) is 5.02 Å². The predicted molar refractivity (Wildman–Crippen MR) is 116 cm³/mol. The molecule has 0 saturated carbocycles. The molecule has 1 amide bonds. The third-order valence-corrected chi connectivity index (χ3v) is 6.48. The average molecular weight is 432 g/mol. The molecule has 3 aromatic rings. The van der Waals surface area contributed by atoms with Crippen LogP contribution in [0.3, 0.4) is 0 Å². The molecule has 1 aromatic carbocycles. The molecular weight excluding hydrogens is 410 g/mol. The van der Waals surface area contributed by atoms with Crippen LogP contribution in [0, 0.1) is 6.92 Å². The Morgan fingerprint density at radius 3 is 2.86 bits per heavy atom. The van der Waals surface area contributed by atoms with Gasteiger partial charge in [0.15, 0.2) is 10.8 Å². The lowest BCUT2D eigenvalue weighted by atomic mass is 10.1. The molecule has 0 bridgehead atoms. The van der Waals surface area contributed by atoms with Crippen molar-refractivity contribution in [3.63, 3.8) is 0 Å². The van der Waals surface area contributed by atoms with E-state index < -0.39 is 0 Å². The van der Waals surface area contributed by atoms with Crippen molar-refractivity contribution in [1.82, 2.24) is 19.3 Å². The minimum Gasteiger partial charge on any atom is -0.326 e. The van der Waals surface area contributed by atoms with Gasteiger partial charge in [-0.1, -0.05) is 29.4 Å². The first-order chi connectivity index (χ1) is 13.7. The van der Waals surface area contributed by atoms with Gasteiger partial charge in [-0.05, 0) is 45.4 Å². The normalized spacial score (nSPS) is 16.2. The molecule has 3 heterocycles. The van der Waals surface area contributed by atoms with Crippen LogP contribution in [0.4, 0.5) is 5.69 Å². The number of hydrogen-bond donors (Lipinski definition) is 1. The van der Waals surface area contributed by atoms with Gasteiger partial charge in [-0.2, -0.15) is 5.10 Å². The van der Waals surface area contributed by atoms with Crippen molar-refractivity contribution in [3.05, 3.63) is 45.3 Å². The molecule has 1 atom stereocenters. The number of rotatable bonds is 3. The topological polar surface area (TPSA) is 81.8 Å². The number of hydrogen-bond acceptors (Lipinski definition) is 5. The lowest BCUT2D eigenvalue weighted by molar-refractivity contribution is -0.116. The fourth-order valence-electron chi connectivity index (χ4n) is 3.43. The van der Waals surface area contributed by atoms with Crippen molar-refractivity contribution >= 4 is 46.0 Å². The van der Waals surface area contributed by atoms with E-state index in [0.717, 1.165) is 5.56 Å². The summed E-state index contributed by atoms with van der Waals surface area (Å²) in [7, 11) is 0. The third-order valence-electron chi connectivity index (χ3n) is 4.97. The average Bonchev–Trinajstić information content (AvgIpc) is 3.24. The first-order valence-corrected chi connectivity index (χ1v) is 10.7. The molecule has 0 fully saturated rings. The molecule has 29 heavy (non-hydrogen) atoms. The number of nitrogens with one attached hydrogen (secondary N) is 1. The number of anilines is 1. The van der Waals surface area contributed by atoms with Gasteiger partial charge in [-0.25, -0.2) is 9.67 Å². The molecule has 4 rings (SSSR count). The summed E-state index contributed by atoms with van der Waals surface area (Å²) in [5.74, 6) is 0.464. The fourth-order valence-corrected chi connectivity index (χ4v) is 4.73. The highest BCUT2D eigenvalue weighted by Crippen LogP contribution is 2.34. The number of nitrogens with zero attached hydrogens (tertiary/aromatic N) is 4. The zero-order chi connectivity index (χ0) is 20.9. The molecule has 7 nitrogen and oxygen atoms in total. The van der Waals surface area contributed by atoms with Crippen LogP contribution in [0.25, 0.3) is 11.0 Å². The number of benzene rings is 1. The van der Waals surface area contributed by atoms with Gasteiger partial charge in [0.1, 0.15) is 5.39 Å². The molecule has 9 heteroatoms.